The first-order chi connectivity index (χ1) is 9.61. The smallest absolute Gasteiger partial charge is 0.0371 e. The lowest BCUT2D eigenvalue weighted by Crippen LogP contribution is -2.33. The van der Waals surface area contributed by atoms with Crippen LogP contribution in [0.3, 0.4) is 0 Å². The van der Waals surface area contributed by atoms with Crippen LogP contribution in [0.1, 0.15) is 57.6 Å². The van der Waals surface area contributed by atoms with Crippen LogP contribution in [0.4, 0.5) is 5.69 Å². The quantitative estimate of drug-likeness (QED) is 0.833. The molecule has 1 saturated carbocycles. The fourth-order valence-electron chi connectivity index (χ4n) is 3.24. The SMILES string of the molecule is CCN(c1ccc(CNC(C)C)c(C)c1)C1CCCC1. The number of anilines is 1. The summed E-state index contributed by atoms with van der Waals surface area (Å²) in [4.78, 5) is 2.60. The van der Waals surface area contributed by atoms with Gasteiger partial charge in [-0.25, -0.2) is 0 Å². The maximum absolute atomic E-state index is 3.51. The van der Waals surface area contributed by atoms with Gasteiger partial charge >= 0.3 is 0 Å². The zero-order chi connectivity index (χ0) is 14.5. The van der Waals surface area contributed by atoms with E-state index < -0.39 is 0 Å². The largest absolute Gasteiger partial charge is 0.369 e. The fourth-order valence-corrected chi connectivity index (χ4v) is 3.24. The topological polar surface area (TPSA) is 15.3 Å². The minimum absolute atomic E-state index is 0.541. The third-order valence-corrected chi connectivity index (χ3v) is 4.46. The van der Waals surface area contributed by atoms with E-state index in [1.807, 2.05) is 0 Å². The number of nitrogens with one attached hydrogen (secondary N) is 1. The van der Waals surface area contributed by atoms with Crippen molar-refractivity contribution in [1.82, 2.24) is 5.32 Å². The van der Waals surface area contributed by atoms with Gasteiger partial charge in [-0.2, -0.15) is 0 Å². The molecule has 0 radical (unpaired) electrons. The Morgan fingerprint density at radius 2 is 1.95 bits per heavy atom. The summed E-state index contributed by atoms with van der Waals surface area (Å²) >= 11 is 0. The molecule has 1 aromatic carbocycles. The second-order valence-electron chi connectivity index (χ2n) is 6.37. The zero-order valence-corrected chi connectivity index (χ0v) is 13.6. The summed E-state index contributed by atoms with van der Waals surface area (Å²) in [5.41, 5.74) is 4.24. The molecular weight excluding hydrogens is 244 g/mol. The molecule has 2 heteroatoms. The molecule has 0 spiro atoms. The molecule has 20 heavy (non-hydrogen) atoms. The molecule has 112 valence electrons. The highest BCUT2D eigenvalue weighted by Gasteiger charge is 2.21. The van der Waals surface area contributed by atoms with E-state index >= 15 is 0 Å². The van der Waals surface area contributed by atoms with Crippen LogP contribution >= 0.6 is 0 Å². The Morgan fingerprint density at radius 1 is 1.25 bits per heavy atom. The Balaban J connectivity index is 2.10. The standard InChI is InChI=1S/C18H30N2/c1-5-20(17-8-6-7-9-17)18-11-10-16(15(4)12-18)13-19-14(2)3/h10-12,14,17,19H,5-9,13H2,1-4H3. The van der Waals surface area contributed by atoms with Crippen molar-refractivity contribution in [2.45, 2.75) is 72.0 Å². The molecular formula is C18H30N2. The number of benzene rings is 1. The average molecular weight is 274 g/mol. The van der Waals surface area contributed by atoms with Crippen molar-refractivity contribution < 1.29 is 0 Å². The van der Waals surface area contributed by atoms with Crippen LogP contribution in [0.2, 0.25) is 0 Å². The summed E-state index contributed by atoms with van der Waals surface area (Å²) in [6, 6.07) is 8.29. The number of aryl methyl sites for hydroxylation is 1. The fraction of sp³-hybridized carbons (Fsp3) is 0.667. The van der Waals surface area contributed by atoms with E-state index in [4.69, 9.17) is 0 Å². The van der Waals surface area contributed by atoms with Crippen LogP contribution in [0.5, 0.6) is 0 Å². The van der Waals surface area contributed by atoms with E-state index in [0.29, 0.717) is 6.04 Å². The normalized spacial score (nSPS) is 16.1. The number of hydrogen-bond donors (Lipinski definition) is 1. The molecule has 0 aliphatic heterocycles. The zero-order valence-electron chi connectivity index (χ0n) is 13.6. The summed E-state index contributed by atoms with van der Waals surface area (Å²) in [5, 5.41) is 3.51. The van der Waals surface area contributed by atoms with Crippen molar-refractivity contribution in [2.75, 3.05) is 11.4 Å². The van der Waals surface area contributed by atoms with E-state index in [0.717, 1.165) is 19.1 Å². The van der Waals surface area contributed by atoms with Crippen LogP contribution in [0.15, 0.2) is 18.2 Å². The second-order valence-corrected chi connectivity index (χ2v) is 6.37. The Kier molecular flexibility index (Phi) is 5.47. The van der Waals surface area contributed by atoms with Crippen molar-refractivity contribution in [3.05, 3.63) is 29.3 Å². The molecule has 0 unspecified atom stereocenters. The van der Waals surface area contributed by atoms with Crippen LogP contribution in [-0.2, 0) is 6.54 Å². The first-order valence-electron chi connectivity index (χ1n) is 8.21. The highest BCUT2D eigenvalue weighted by Crippen LogP contribution is 2.29. The Bertz CT molecular complexity index is 419. The molecule has 1 aliphatic rings. The molecule has 0 aromatic heterocycles. The predicted molar refractivity (Wildman–Crippen MR) is 88.4 cm³/mol. The molecule has 0 bridgehead atoms. The van der Waals surface area contributed by atoms with Gasteiger partial charge in [0, 0.05) is 30.9 Å². The van der Waals surface area contributed by atoms with Gasteiger partial charge in [0.25, 0.3) is 0 Å². The Morgan fingerprint density at radius 3 is 2.50 bits per heavy atom. The molecule has 2 nitrogen and oxygen atoms in total. The summed E-state index contributed by atoms with van der Waals surface area (Å²) in [6.07, 6.45) is 5.53. The number of nitrogens with zero attached hydrogens (tertiary/aromatic N) is 1. The van der Waals surface area contributed by atoms with Crippen molar-refractivity contribution >= 4 is 5.69 Å². The van der Waals surface area contributed by atoms with Gasteiger partial charge in [0.2, 0.25) is 0 Å². The van der Waals surface area contributed by atoms with E-state index in [-0.39, 0.29) is 0 Å². The maximum Gasteiger partial charge on any atom is 0.0371 e. The predicted octanol–water partition coefficient (Wildman–Crippen LogP) is 4.26. The Hall–Kier alpha value is -1.02. The first kappa shape index (κ1) is 15.4. The number of hydrogen-bond acceptors (Lipinski definition) is 2. The molecule has 1 fully saturated rings. The Labute approximate surface area is 124 Å². The van der Waals surface area contributed by atoms with Crippen molar-refractivity contribution in [1.29, 1.82) is 0 Å². The highest BCUT2D eigenvalue weighted by molar-refractivity contribution is 5.51. The number of rotatable bonds is 6. The van der Waals surface area contributed by atoms with Gasteiger partial charge in [0.15, 0.2) is 0 Å². The third kappa shape index (κ3) is 3.76. The van der Waals surface area contributed by atoms with Gasteiger partial charge in [0.1, 0.15) is 0 Å². The monoisotopic (exact) mass is 274 g/mol. The van der Waals surface area contributed by atoms with Crippen LogP contribution in [-0.4, -0.2) is 18.6 Å². The van der Waals surface area contributed by atoms with Gasteiger partial charge in [-0.3, -0.25) is 0 Å². The summed E-state index contributed by atoms with van der Waals surface area (Å²) in [5.74, 6) is 0. The van der Waals surface area contributed by atoms with Crippen molar-refractivity contribution in [2.24, 2.45) is 0 Å². The maximum atomic E-state index is 3.51. The van der Waals surface area contributed by atoms with Gasteiger partial charge in [-0.15, -0.1) is 0 Å². The molecule has 0 atom stereocenters. The molecule has 1 aromatic rings. The summed E-state index contributed by atoms with van der Waals surface area (Å²) in [6.45, 7) is 11.0. The summed E-state index contributed by atoms with van der Waals surface area (Å²) in [7, 11) is 0. The van der Waals surface area contributed by atoms with Gasteiger partial charge in [0.05, 0.1) is 0 Å². The van der Waals surface area contributed by atoms with Crippen molar-refractivity contribution in [3.63, 3.8) is 0 Å². The van der Waals surface area contributed by atoms with Crippen molar-refractivity contribution in [3.8, 4) is 0 Å². The van der Waals surface area contributed by atoms with Gasteiger partial charge in [-0.1, -0.05) is 32.8 Å². The lowest BCUT2D eigenvalue weighted by Gasteiger charge is -2.30. The lowest BCUT2D eigenvalue weighted by atomic mass is 10.1. The highest BCUT2D eigenvalue weighted by atomic mass is 15.2. The van der Waals surface area contributed by atoms with Crippen LogP contribution in [0.25, 0.3) is 0 Å². The third-order valence-electron chi connectivity index (χ3n) is 4.46. The van der Waals surface area contributed by atoms with E-state index in [1.54, 1.807) is 0 Å². The van der Waals surface area contributed by atoms with Gasteiger partial charge in [-0.05, 0) is 49.9 Å². The molecule has 0 amide bonds. The van der Waals surface area contributed by atoms with E-state index in [2.05, 4.69) is 56.1 Å². The first-order valence-corrected chi connectivity index (χ1v) is 8.21. The average Bonchev–Trinajstić information content (AvgIpc) is 2.92. The summed E-state index contributed by atoms with van der Waals surface area (Å²) < 4.78 is 0. The van der Waals surface area contributed by atoms with Crippen LogP contribution < -0.4 is 10.2 Å². The second kappa shape index (κ2) is 7.12. The molecule has 1 aliphatic carbocycles. The van der Waals surface area contributed by atoms with E-state index in [9.17, 15) is 0 Å². The van der Waals surface area contributed by atoms with Gasteiger partial charge < -0.3 is 10.2 Å². The van der Waals surface area contributed by atoms with Crippen LogP contribution in [0, 0.1) is 6.92 Å². The minimum Gasteiger partial charge on any atom is -0.369 e. The molecule has 0 heterocycles. The molecule has 1 N–H and O–H groups in total. The molecule has 2 rings (SSSR count). The lowest BCUT2D eigenvalue weighted by molar-refractivity contribution is 0.587. The van der Waals surface area contributed by atoms with E-state index in [1.165, 1.54) is 42.5 Å². The molecule has 0 saturated heterocycles. The minimum atomic E-state index is 0.541.